The summed E-state index contributed by atoms with van der Waals surface area (Å²) in [4.78, 5) is 0.0925. The second-order valence-electron chi connectivity index (χ2n) is 4.58. The number of hydrogen-bond donors (Lipinski definition) is 0. The van der Waals surface area contributed by atoms with Crippen LogP contribution in [0.5, 0.6) is 0 Å². The van der Waals surface area contributed by atoms with Gasteiger partial charge in [0.1, 0.15) is 0 Å². The van der Waals surface area contributed by atoms with Gasteiger partial charge in [-0.05, 0) is 12.1 Å². The highest BCUT2D eigenvalue weighted by molar-refractivity contribution is 7.89. The van der Waals surface area contributed by atoms with E-state index in [-0.39, 0.29) is 24.5 Å². The van der Waals surface area contributed by atoms with Gasteiger partial charge in [-0.1, -0.05) is 17.7 Å². The summed E-state index contributed by atoms with van der Waals surface area (Å²) >= 11 is 0. The van der Waals surface area contributed by atoms with Crippen LogP contribution in [0, 0.1) is 0 Å². The van der Waals surface area contributed by atoms with Gasteiger partial charge in [0.05, 0.1) is 4.90 Å². The van der Waals surface area contributed by atoms with Gasteiger partial charge in [-0.2, -0.15) is 4.31 Å². The number of halogens is 2. The quantitative estimate of drug-likeness (QED) is 0.858. The van der Waals surface area contributed by atoms with Crippen molar-refractivity contribution in [2.75, 3.05) is 13.1 Å². The summed E-state index contributed by atoms with van der Waals surface area (Å²) in [6.07, 6.45) is -0.867. The fourth-order valence-corrected chi connectivity index (χ4v) is 3.42. The third-order valence-electron chi connectivity index (χ3n) is 3.22. The normalized spacial score (nSPS) is 20.4. The van der Waals surface area contributed by atoms with Crippen molar-refractivity contribution in [1.29, 1.82) is 0 Å². The first-order valence-corrected chi connectivity index (χ1v) is 7.41. The molecule has 0 unspecified atom stereocenters. The molecule has 4 nitrogen and oxygen atoms in total. The molecule has 0 saturated carbocycles. The average molecular weight is 289 g/mol. The predicted molar refractivity (Wildman–Crippen MR) is 67.4 cm³/mol. The number of hydrogen-bond acceptors (Lipinski definition) is 2. The van der Waals surface area contributed by atoms with E-state index in [0.29, 0.717) is 5.56 Å². The highest BCUT2D eigenvalue weighted by atomic mass is 32.2. The molecule has 0 atom stereocenters. The molecule has 1 aromatic carbocycles. The molecule has 0 aromatic heterocycles. The van der Waals surface area contributed by atoms with Crippen molar-refractivity contribution in [2.45, 2.75) is 30.2 Å². The lowest BCUT2D eigenvalue weighted by atomic mass is 10.1. The predicted octanol–water partition coefficient (Wildman–Crippen LogP) is 2.66. The van der Waals surface area contributed by atoms with Crippen LogP contribution in [0.2, 0.25) is 0 Å². The Bertz CT molecular complexity index is 533. The Labute approximate surface area is 111 Å². The van der Waals surface area contributed by atoms with Gasteiger partial charge < -0.3 is 5.73 Å². The first kappa shape index (κ1) is 14.4. The van der Waals surface area contributed by atoms with Gasteiger partial charge in [0.25, 0.3) is 5.92 Å². The Morgan fingerprint density at radius 1 is 1.16 bits per heavy atom. The second-order valence-corrected chi connectivity index (χ2v) is 6.52. The fraction of sp³-hybridized carbons (Fsp3) is 0.500. The van der Waals surface area contributed by atoms with Gasteiger partial charge in [0.2, 0.25) is 10.0 Å². The molecule has 1 aliphatic rings. The van der Waals surface area contributed by atoms with Crippen LogP contribution in [0.15, 0.2) is 29.2 Å². The molecule has 0 amide bonds. The number of benzene rings is 1. The molecular weight excluding hydrogens is 274 g/mol. The summed E-state index contributed by atoms with van der Waals surface area (Å²) in [6, 6.07) is 5.98. The molecule has 0 radical (unpaired) electrons. The summed E-state index contributed by atoms with van der Waals surface area (Å²) in [5.74, 6) is -2.76. The van der Waals surface area contributed by atoms with E-state index in [0.717, 1.165) is 4.31 Å². The van der Waals surface area contributed by atoms with Crippen LogP contribution in [0.25, 0.3) is 5.73 Å². The van der Waals surface area contributed by atoms with Crippen molar-refractivity contribution in [3.63, 3.8) is 0 Å². The van der Waals surface area contributed by atoms with Gasteiger partial charge in [-0.25, -0.2) is 17.2 Å². The molecule has 106 valence electrons. The van der Waals surface area contributed by atoms with E-state index >= 15 is 0 Å². The van der Waals surface area contributed by atoms with Crippen molar-refractivity contribution in [3.05, 3.63) is 35.6 Å². The van der Waals surface area contributed by atoms with E-state index in [9.17, 15) is 17.2 Å². The Morgan fingerprint density at radius 2 is 1.68 bits per heavy atom. The molecule has 19 heavy (non-hydrogen) atoms. The zero-order valence-electron chi connectivity index (χ0n) is 10.3. The van der Waals surface area contributed by atoms with Crippen LogP contribution in [-0.2, 0) is 16.6 Å². The standard InChI is InChI=1S/C12H15F2N2O2S/c13-12(14)5-7-16(8-6-12)19(17,18)11-3-1-10(9-15)2-4-11/h1-4,15H,5-9H2/q-1. The maximum absolute atomic E-state index is 13.0. The lowest BCUT2D eigenvalue weighted by Gasteiger charge is -2.30. The number of alkyl halides is 2. The SMILES string of the molecule is [NH-]Cc1ccc(S(=O)(=O)N2CCC(F)(F)CC2)cc1. The number of nitrogens with zero attached hydrogens (tertiary/aromatic N) is 1. The zero-order valence-corrected chi connectivity index (χ0v) is 11.1. The van der Waals surface area contributed by atoms with Crippen LogP contribution in [0.4, 0.5) is 8.78 Å². The lowest BCUT2D eigenvalue weighted by Crippen LogP contribution is -2.42. The summed E-state index contributed by atoms with van der Waals surface area (Å²) in [5, 5.41) is 0. The highest BCUT2D eigenvalue weighted by Crippen LogP contribution is 2.30. The van der Waals surface area contributed by atoms with Crippen molar-refractivity contribution < 1.29 is 17.2 Å². The van der Waals surface area contributed by atoms with E-state index in [1.165, 1.54) is 12.1 Å². The van der Waals surface area contributed by atoms with Crippen LogP contribution < -0.4 is 0 Å². The van der Waals surface area contributed by atoms with Gasteiger partial charge in [0, 0.05) is 25.9 Å². The van der Waals surface area contributed by atoms with Crippen molar-refractivity contribution in [1.82, 2.24) is 4.31 Å². The number of rotatable bonds is 3. The Balaban J connectivity index is 2.18. The van der Waals surface area contributed by atoms with Crippen molar-refractivity contribution >= 4 is 10.0 Å². The Morgan fingerprint density at radius 3 is 2.16 bits per heavy atom. The van der Waals surface area contributed by atoms with E-state index in [2.05, 4.69) is 0 Å². The molecule has 0 aliphatic carbocycles. The van der Waals surface area contributed by atoms with Crippen molar-refractivity contribution in [3.8, 4) is 0 Å². The van der Waals surface area contributed by atoms with E-state index in [4.69, 9.17) is 5.73 Å². The smallest absolute Gasteiger partial charge is 0.250 e. The summed E-state index contributed by atoms with van der Waals surface area (Å²) in [5.41, 5.74) is 7.88. The average Bonchev–Trinajstić information content (AvgIpc) is 2.38. The van der Waals surface area contributed by atoms with Gasteiger partial charge in [0.15, 0.2) is 0 Å². The monoisotopic (exact) mass is 289 g/mol. The zero-order chi connectivity index (χ0) is 14.1. The fourth-order valence-electron chi connectivity index (χ4n) is 1.98. The number of sulfonamides is 1. The van der Waals surface area contributed by atoms with Crippen LogP contribution in [0.3, 0.4) is 0 Å². The first-order valence-electron chi connectivity index (χ1n) is 5.97. The minimum Gasteiger partial charge on any atom is -0.674 e. The van der Waals surface area contributed by atoms with Crippen LogP contribution in [-0.4, -0.2) is 31.7 Å². The molecule has 7 heteroatoms. The van der Waals surface area contributed by atoms with Gasteiger partial charge >= 0.3 is 0 Å². The van der Waals surface area contributed by atoms with E-state index in [1.54, 1.807) is 12.1 Å². The molecule has 1 aromatic rings. The molecule has 1 heterocycles. The van der Waals surface area contributed by atoms with Gasteiger partial charge in [-0.15, -0.1) is 6.54 Å². The molecule has 0 bridgehead atoms. The topological polar surface area (TPSA) is 61.2 Å². The minimum atomic E-state index is -3.70. The van der Waals surface area contributed by atoms with Crippen LogP contribution in [0.1, 0.15) is 18.4 Å². The number of piperidine rings is 1. The first-order chi connectivity index (χ1) is 8.85. The maximum atomic E-state index is 13.0. The summed E-state index contributed by atoms with van der Waals surface area (Å²) in [6.45, 7) is -0.235. The minimum absolute atomic E-state index is 0.0796. The third kappa shape index (κ3) is 3.10. The van der Waals surface area contributed by atoms with E-state index < -0.39 is 28.8 Å². The molecule has 2 rings (SSSR count). The third-order valence-corrected chi connectivity index (χ3v) is 5.13. The Kier molecular flexibility index (Phi) is 3.89. The lowest BCUT2D eigenvalue weighted by molar-refractivity contribution is -0.0412. The second kappa shape index (κ2) is 5.15. The maximum Gasteiger partial charge on any atom is 0.250 e. The number of nitrogens with one attached hydrogen (secondary N) is 1. The molecular formula is C12H15F2N2O2S-. The van der Waals surface area contributed by atoms with E-state index in [1.807, 2.05) is 0 Å². The Hall–Kier alpha value is -1.05. The molecule has 1 fully saturated rings. The van der Waals surface area contributed by atoms with Crippen LogP contribution >= 0.6 is 0 Å². The van der Waals surface area contributed by atoms with Gasteiger partial charge in [-0.3, -0.25) is 0 Å². The molecule has 1 aliphatic heterocycles. The molecule has 1 saturated heterocycles. The molecule has 1 N–H and O–H groups in total. The largest absolute Gasteiger partial charge is 0.674 e. The summed E-state index contributed by atoms with van der Waals surface area (Å²) < 4.78 is 51.6. The summed E-state index contributed by atoms with van der Waals surface area (Å²) in [7, 11) is -3.70. The highest BCUT2D eigenvalue weighted by Gasteiger charge is 2.38. The van der Waals surface area contributed by atoms with Crippen molar-refractivity contribution in [2.24, 2.45) is 0 Å². The molecule has 0 spiro atoms.